The molecule has 1 fully saturated rings. The second-order valence-electron chi connectivity index (χ2n) is 6.21. The van der Waals surface area contributed by atoms with Crippen molar-refractivity contribution in [3.05, 3.63) is 55.0 Å². The fourth-order valence-corrected chi connectivity index (χ4v) is 3.05. The number of nitrogens with zero attached hydrogens (tertiary/aromatic N) is 4. The van der Waals surface area contributed by atoms with Crippen molar-refractivity contribution in [1.82, 2.24) is 20.1 Å². The van der Waals surface area contributed by atoms with Crippen LogP contribution in [0.25, 0.3) is 10.9 Å². The summed E-state index contributed by atoms with van der Waals surface area (Å²) in [6.07, 6.45) is 5.00. The first-order chi connectivity index (χ1) is 13.2. The molecule has 0 aliphatic carbocycles. The molecule has 1 aliphatic heterocycles. The fraction of sp³-hybridized carbons (Fsp3) is 0.263. The Morgan fingerprint density at radius 2 is 1.96 bits per heavy atom. The van der Waals surface area contributed by atoms with Gasteiger partial charge in [0.1, 0.15) is 5.75 Å². The van der Waals surface area contributed by atoms with Gasteiger partial charge in [0.2, 0.25) is 0 Å². The maximum absolute atomic E-state index is 12.1. The van der Waals surface area contributed by atoms with Crippen molar-refractivity contribution in [1.29, 1.82) is 0 Å². The minimum absolute atomic E-state index is 0.496. The zero-order valence-corrected chi connectivity index (χ0v) is 15.0. The van der Waals surface area contributed by atoms with Gasteiger partial charge in [0.05, 0.1) is 24.4 Å². The highest BCUT2D eigenvalue weighted by atomic mass is 16.6. The van der Waals surface area contributed by atoms with Crippen LogP contribution in [0.5, 0.6) is 5.75 Å². The first-order valence-corrected chi connectivity index (χ1v) is 8.77. The van der Waals surface area contributed by atoms with Gasteiger partial charge in [-0.1, -0.05) is 0 Å². The number of nitrogens with one attached hydrogen (secondary N) is 1. The molecule has 8 heteroatoms. The van der Waals surface area contributed by atoms with E-state index in [-0.39, 0.29) is 0 Å². The van der Waals surface area contributed by atoms with Crippen LogP contribution in [0, 0.1) is 0 Å². The van der Waals surface area contributed by atoms with E-state index in [4.69, 9.17) is 9.47 Å². The number of hydrogen-bond donors (Lipinski definition) is 1. The van der Waals surface area contributed by atoms with Crippen LogP contribution in [0.3, 0.4) is 0 Å². The molecule has 0 spiro atoms. The van der Waals surface area contributed by atoms with Crippen molar-refractivity contribution < 1.29 is 14.3 Å². The van der Waals surface area contributed by atoms with Gasteiger partial charge in [0.25, 0.3) is 0 Å². The fourth-order valence-electron chi connectivity index (χ4n) is 3.05. The molecule has 0 atom stereocenters. The number of hydrogen-bond acceptors (Lipinski definition) is 6. The molecule has 27 heavy (non-hydrogen) atoms. The summed E-state index contributed by atoms with van der Waals surface area (Å²) in [6.45, 7) is 2.51. The zero-order valence-electron chi connectivity index (χ0n) is 15.0. The number of hydrazine groups is 1. The monoisotopic (exact) mass is 367 g/mol. The number of anilines is 1. The minimum atomic E-state index is -0.496. The summed E-state index contributed by atoms with van der Waals surface area (Å²) in [5.41, 5.74) is 4.76. The molecule has 0 unspecified atom stereocenters. The average molecular weight is 367 g/mol. The highest BCUT2D eigenvalue weighted by Gasteiger charge is 2.15. The van der Waals surface area contributed by atoms with Gasteiger partial charge in [-0.15, -0.1) is 0 Å². The number of rotatable bonds is 4. The second kappa shape index (κ2) is 7.65. The molecular formula is C19H21N5O3. The molecule has 0 radical (unpaired) electrons. The Balaban J connectivity index is 1.48. The van der Waals surface area contributed by atoms with Crippen LogP contribution < -0.4 is 15.2 Å². The number of ether oxygens (including phenoxy) is 2. The van der Waals surface area contributed by atoms with E-state index in [0.29, 0.717) is 32.1 Å². The lowest BCUT2D eigenvalue weighted by molar-refractivity contribution is 0.0153. The largest absolute Gasteiger partial charge is 0.427 e. The van der Waals surface area contributed by atoms with Crippen LogP contribution in [0.2, 0.25) is 0 Å². The molecule has 0 bridgehead atoms. The van der Waals surface area contributed by atoms with E-state index in [0.717, 1.165) is 16.6 Å². The summed E-state index contributed by atoms with van der Waals surface area (Å²) in [7, 11) is 1.98. The summed E-state index contributed by atoms with van der Waals surface area (Å²) < 4.78 is 12.7. The van der Waals surface area contributed by atoms with Crippen molar-refractivity contribution in [2.24, 2.45) is 0 Å². The third kappa shape index (κ3) is 3.86. The van der Waals surface area contributed by atoms with Crippen LogP contribution in [-0.2, 0) is 4.74 Å². The molecule has 8 nitrogen and oxygen atoms in total. The molecule has 3 aromatic rings. The minimum Gasteiger partial charge on any atom is -0.409 e. The third-order valence-corrected chi connectivity index (χ3v) is 4.47. The number of carbonyl (C=O) groups is 1. The zero-order chi connectivity index (χ0) is 18.6. The lowest BCUT2D eigenvalue weighted by Gasteiger charge is -2.26. The molecule has 3 heterocycles. The van der Waals surface area contributed by atoms with Gasteiger partial charge >= 0.3 is 6.09 Å². The van der Waals surface area contributed by atoms with E-state index in [9.17, 15) is 4.79 Å². The molecule has 4 rings (SSSR count). The van der Waals surface area contributed by atoms with Crippen molar-refractivity contribution in [2.45, 2.75) is 0 Å². The summed E-state index contributed by atoms with van der Waals surface area (Å²) in [6, 6.07) is 11.5. The molecule has 1 amide bonds. The molecule has 2 aromatic heterocycles. The van der Waals surface area contributed by atoms with Gasteiger partial charge in [-0.2, -0.15) is 0 Å². The maximum atomic E-state index is 12.1. The molecular weight excluding hydrogens is 346 g/mol. The Hall–Kier alpha value is -3.10. The van der Waals surface area contributed by atoms with Crippen molar-refractivity contribution in [3.63, 3.8) is 0 Å². The number of pyridine rings is 1. The topological polar surface area (TPSA) is 71.9 Å². The van der Waals surface area contributed by atoms with Gasteiger partial charge in [-0.25, -0.2) is 9.80 Å². The lowest BCUT2D eigenvalue weighted by atomic mass is 10.2. The normalized spacial score (nSPS) is 14.9. The molecule has 1 saturated heterocycles. The molecule has 1 N–H and O–H groups in total. The summed E-state index contributed by atoms with van der Waals surface area (Å²) in [5, 5.41) is 4.80. The van der Waals surface area contributed by atoms with Crippen LogP contribution in [0.1, 0.15) is 0 Å². The van der Waals surface area contributed by atoms with Gasteiger partial charge in [0.15, 0.2) is 0 Å². The third-order valence-electron chi connectivity index (χ3n) is 4.47. The molecule has 1 aromatic carbocycles. The van der Waals surface area contributed by atoms with Gasteiger partial charge in [-0.3, -0.25) is 20.1 Å². The quantitative estimate of drug-likeness (QED) is 0.763. The van der Waals surface area contributed by atoms with E-state index >= 15 is 0 Å². The maximum Gasteiger partial charge on any atom is 0.427 e. The smallest absolute Gasteiger partial charge is 0.409 e. The Kier molecular flexibility index (Phi) is 4.91. The number of carbonyl (C=O) groups excluding carboxylic acids is 1. The number of morpholine rings is 1. The first-order valence-electron chi connectivity index (χ1n) is 8.77. The first kappa shape index (κ1) is 17.3. The van der Waals surface area contributed by atoms with Crippen molar-refractivity contribution >= 4 is 22.7 Å². The SMILES string of the molecule is CN(c1ccncc1)n1ccc2cc(OC(=O)NN3CCOCC3)ccc21. The van der Waals surface area contributed by atoms with E-state index in [1.807, 2.05) is 53.3 Å². The van der Waals surface area contributed by atoms with Crippen LogP contribution in [0.15, 0.2) is 55.0 Å². The van der Waals surface area contributed by atoms with Crippen LogP contribution in [-0.4, -0.2) is 54.1 Å². The molecule has 140 valence electrons. The van der Waals surface area contributed by atoms with Gasteiger partial charge in [-0.05, 0) is 36.4 Å². The molecule has 0 saturated carbocycles. The van der Waals surface area contributed by atoms with E-state index < -0.39 is 6.09 Å². The van der Waals surface area contributed by atoms with Crippen molar-refractivity contribution in [2.75, 3.05) is 38.4 Å². The van der Waals surface area contributed by atoms with Crippen molar-refractivity contribution in [3.8, 4) is 5.75 Å². The Bertz CT molecular complexity index is 921. The Morgan fingerprint density at radius 1 is 1.19 bits per heavy atom. The number of aromatic nitrogens is 2. The second-order valence-corrected chi connectivity index (χ2v) is 6.21. The standard InChI is InChI=1S/C19H21N5O3/c1-22(16-4-7-20-8-5-16)24-9-6-15-14-17(2-3-18(15)24)27-19(25)21-23-10-12-26-13-11-23/h2-9,14H,10-13H2,1H3,(H,21,25). The predicted molar refractivity (Wildman–Crippen MR) is 102 cm³/mol. The van der Waals surface area contributed by atoms with Gasteiger partial charge in [0, 0.05) is 44.1 Å². The summed E-state index contributed by atoms with van der Waals surface area (Å²) in [5.74, 6) is 0.498. The van der Waals surface area contributed by atoms with Crippen LogP contribution in [0.4, 0.5) is 10.5 Å². The van der Waals surface area contributed by atoms with E-state index in [1.54, 1.807) is 23.5 Å². The molecule has 1 aliphatic rings. The highest BCUT2D eigenvalue weighted by molar-refractivity contribution is 5.83. The predicted octanol–water partition coefficient (Wildman–Crippen LogP) is 2.27. The lowest BCUT2D eigenvalue weighted by Crippen LogP contribution is -2.49. The number of fused-ring (bicyclic) bond motifs is 1. The van der Waals surface area contributed by atoms with E-state index in [1.165, 1.54) is 0 Å². The summed E-state index contributed by atoms with van der Waals surface area (Å²) in [4.78, 5) is 16.1. The average Bonchev–Trinajstić information content (AvgIpc) is 3.12. The summed E-state index contributed by atoms with van der Waals surface area (Å²) >= 11 is 0. The Labute approximate surface area is 156 Å². The number of benzene rings is 1. The van der Waals surface area contributed by atoms with Gasteiger partial charge < -0.3 is 9.47 Å². The van der Waals surface area contributed by atoms with E-state index in [2.05, 4.69) is 10.4 Å². The van der Waals surface area contributed by atoms with Crippen LogP contribution >= 0.6 is 0 Å². The Morgan fingerprint density at radius 3 is 2.74 bits per heavy atom. The highest BCUT2D eigenvalue weighted by Crippen LogP contribution is 2.24. The number of amides is 1.